The molecular formula is C14H19N3O2. The predicted molar refractivity (Wildman–Crippen MR) is 73.2 cm³/mol. The van der Waals surface area contributed by atoms with Crippen LogP contribution in [0.1, 0.15) is 25.0 Å². The Labute approximate surface area is 112 Å². The van der Waals surface area contributed by atoms with Crippen molar-refractivity contribution in [3.63, 3.8) is 0 Å². The lowest BCUT2D eigenvalue weighted by atomic mass is 10.2. The number of unbranched alkanes of at least 4 members (excludes halogenated alkanes) is 2. The van der Waals surface area contributed by atoms with E-state index in [-0.39, 0.29) is 11.2 Å². The summed E-state index contributed by atoms with van der Waals surface area (Å²) in [6.07, 6.45) is 10.5. The summed E-state index contributed by atoms with van der Waals surface area (Å²) in [5, 5.41) is 9.57. The van der Waals surface area contributed by atoms with Gasteiger partial charge in [-0.05, 0) is 26.2 Å². The molecule has 0 radical (unpaired) electrons. The Morgan fingerprint density at radius 2 is 2.00 bits per heavy atom. The van der Waals surface area contributed by atoms with Crippen molar-refractivity contribution in [1.29, 1.82) is 0 Å². The molecule has 102 valence electrons. The van der Waals surface area contributed by atoms with Gasteiger partial charge in [0.15, 0.2) is 5.75 Å². The quantitative estimate of drug-likeness (QED) is 0.808. The standard InChI is InChI=1S/C14H19N3O2/c1-12-14(19)13(18)5-9-17(12)8-4-2-3-7-16-10-6-15-11-16/h5-6,9-11,19H,2-4,7-8H2,1H3. The summed E-state index contributed by atoms with van der Waals surface area (Å²) < 4.78 is 3.99. The molecule has 0 aliphatic rings. The highest BCUT2D eigenvalue weighted by atomic mass is 16.3. The van der Waals surface area contributed by atoms with Gasteiger partial charge in [0, 0.05) is 37.7 Å². The number of hydrogen-bond acceptors (Lipinski definition) is 3. The van der Waals surface area contributed by atoms with Crippen LogP contribution in [0.3, 0.4) is 0 Å². The van der Waals surface area contributed by atoms with Crippen molar-refractivity contribution in [3.05, 3.63) is 46.9 Å². The number of nitrogens with zero attached hydrogens (tertiary/aromatic N) is 3. The zero-order valence-corrected chi connectivity index (χ0v) is 11.1. The molecule has 0 atom stereocenters. The van der Waals surface area contributed by atoms with E-state index >= 15 is 0 Å². The maximum Gasteiger partial charge on any atom is 0.223 e. The van der Waals surface area contributed by atoms with E-state index in [0.29, 0.717) is 5.69 Å². The Bertz CT molecular complexity index is 573. The second-order valence-electron chi connectivity index (χ2n) is 4.67. The first-order chi connectivity index (χ1) is 9.18. The van der Waals surface area contributed by atoms with Crippen molar-refractivity contribution in [1.82, 2.24) is 14.1 Å². The third-order valence-corrected chi connectivity index (χ3v) is 3.29. The number of pyridine rings is 1. The van der Waals surface area contributed by atoms with Gasteiger partial charge in [-0.2, -0.15) is 0 Å². The van der Waals surface area contributed by atoms with Crippen LogP contribution in [0.25, 0.3) is 0 Å². The summed E-state index contributed by atoms with van der Waals surface area (Å²) >= 11 is 0. The molecule has 2 heterocycles. The molecular weight excluding hydrogens is 242 g/mol. The van der Waals surface area contributed by atoms with Gasteiger partial charge in [0.05, 0.1) is 12.0 Å². The van der Waals surface area contributed by atoms with E-state index in [4.69, 9.17) is 0 Å². The second kappa shape index (κ2) is 6.22. The Kier molecular flexibility index (Phi) is 4.39. The smallest absolute Gasteiger partial charge is 0.223 e. The van der Waals surface area contributed by atoms with Crippen molar-refractivity contribution in [2.45, 2.75) is 39.3 Å². The number of imidazole rings is 1. The predicted octanol–water partition coefficient (Wildman–Crippen LogP) is 1.93. The number of aromatic nitrogens is 3. The average Bonchev–Trinajstić information content (AvgIpc) is 2.91. The van der Waals surface area contributed by atoms with Gasteiger partial charge < -0.3 is 14.2 Å². The molecule has 0 saturated heterocycles. The number of rotatable bonds is 6. The summed E-state index contributed by atoms with van der Waals surface area (Å²) in [4.78, 5) is 15.2. The summed E-state index contributed by atoms with van der Waals surface area (Å²) in [5.41, 5.74) is 0.330. The van der Waals surface area contributed by atoms with E-state index in [0.717, 1.165) is 32.4 Å². The molecule has 0 bridgehead atoms. The first-order valence-electron chi connectivity index (χ1n) is 6.53. The Morgan fingerprint density at radius 3 is 2.74 bits per heavy atom. The molecule has 0 unspecified atom stereocenters. The molecule has 5 nitrogen and oxygen atoms in total. The highest BCUT2D eigenvalue weighted by Gasteiger charge is 2.04. The third kappa shape index (κ3) is 3.47. The first kappa shape index (κ1) is 13.4. The van der Waals surface area contributed by atoms with Crippen LogP contribution in [-0.4, -0.2) is 19.2 Å². The first-order valence-corrected chi connectivity index (χ1v) is 6.53. The lowest BCUT2D eigenvalue weighted by molar-refractivity contribution is 0.449. The van der Waals surface area contributed by atoms with Crippen molar-refractivity contribution in [3.8, 4) is 5.75 Å². The van der Waals surface area contributed by atoms with Crippen LogP contribution in [0.4, 0.5) is 0 Å². The largest absolute Gasteiger partial charge is 0.503 e. The van der Waals surface area contributed by atoms with Gasteiger partial charge in [0.2, 0.25) is 5.43 Å². The lowest BCUT2D eigenvalue weighted by Gasteiger charge is -2.11. The summed E-state index contributed by atoms with van der Waals surface area (Å²) in [7, 11) is 0. The summed E-state index contributed by atoms with van der Waals surface area (Å²) in [6.45, 7) is 3.57. The fourth-order valence-corrected chi connectivity index (χ4v) is 2.08. The minimum absolute atomic E-state index is 0.138. The molecule has 5 heteroatoms. The van der Waals surface area contributed by atoms with Crippen molar-refractivity contribution < 1.29 is 5.11 Å². The minimum atomic E-state index is -0.311. The molecule has 0 aliphatic carbocycles. The van der Waals surface area contributed by atoms with Crippen LogP contribution in [0.15, 0.2) is 35.8 Å². The molecule has 0 saturated carbocycles. The molecule has 2 aromatic heterocycles. The van der Waals surface area contributed by atoms with Gasteiger partial charge in [0.1, 0.15) is 0 Å². The SMILES string of the molecule is Cc1c(O)c(=O)ccn1CCCCCn1ccnc1. The molecule has 1 N–H and O–H groups in total. The van der Waals surface area contributed by atoms with Crippen LogP contribution >= 0.6 is 0 Å². The highest BCUT2D eigenvalue weighted by molar-refractivity contribution is 5.25. The van der Waals surface area contributed by atoms with Gasteiger partial charge >= 0.3 is 0 Å². The third-order valence-electron chi connectivity index (χ3n) is 3.29. The van der Waals surface area contributed by atoms with Gasteiger partial charge in [0.25, 0.3) is 0 Å². The number of aryl methyl sites for hydroxylation is 2. The van der Waals surface area contributed by atoms with Gasteiger partial charge in [-0.25, -0.2) is 4.98 Å². The lowest BCUT2D eigenvalue weighted by Crippen LogP contribution is -2.10. The van der Waals surface area contributed by atoms with Crippen LogP contribution in [-0.2, 0) is 13.1 Å². The number of aromatic hydroxyl groups is 1. The normalized spacial score (nSPS) is 10.8. The molecule has 0 amide bonds. The monoisotopic (exact) mass is 261 g/mol. The maximum atomic E-state index is 11.2. The summed E-state index contributed by atoms with van der Waals surface area (Å²) in [5.74, 6) is -0.138. The number of hydrogen-bond donors (Lipinski definition) is 1. The minimum Gasteiger partial charge on any atom is -0.503 e. The van der Waals surface area contributed by atoms with Crippen LogP contribution in [0.2, 0.25) is 0 Å². The zero-order chi connectivity index (χ0) is 13.7. The van der Waals surface area contributed by atoms with E-state index in [2.05, 4.69) is 9.55 Å². The molecule has 0 aliphatic heterocycles. The molecule has 2 aromatic rings. The van der Waals surface area contributed by atoms with E-state index in [9.17, 15) is 9.90 Å². The Morgan fingerprint density at radius 1 is 1.21 bits per heavy atom. The fourth-order valence-electron chi connectivity index (χ4n) is 2.08. The molecule has 0 fully saturated rings. The molecule has 19 heavy (non-hydrogen) atoms. The van der Waals surface area contributed by atoms with Gasteiger partial charge in [-0.15, -0.1) is 0 Å². The van der Waals surface area contributed by atoms with E-state index in [1.807, 2.05) is 17.1 Å². The molecule has 0 aromatic carbocycles. The van der Waals surface area contributed by atoms with E-state index in [1.54, 1.807) is 19.3 Å². The van der Waals surface area contributed by atoms with Gasteiger partial charge in [-0.1, -0.05) is 0 Å². The Balaban J connectivity index is 1.77. The molecule has 0 spiro atoms. The molecule has 2 rings (SSSR count). The van der Waals surface area contributed by atoms with E-state index in [1.165, 1.54) is 6.07 Å². The zero-order valence-electron chi connectivity index (χ0n) is 11.1. The van der Waals surface area contributed by atoms with Gasteiger partial charge in [-0.3, -0.25) is 4.79 Å². The fraction of sp³-hybridized carbons (Fsp3) is 0.429. The maximum absolute atomic E-state index is 11.2. The van der Waals surface area contributed by atoms with Crippen molar-refractivity contribution in [2.24, 2.45) is 0 Å². The van der Waals surface area contributed by atoms with Crippen LogP contribution < -0.4 is 5.43 Å². The van der Waals surface area contributed by atoms with Crippen molar-refractivity contribution in [2.75, 3.05) is 0 Å². The van der Waals surface area contributed by atoms with E-state index < -0.39 is 0 Å². The topological polar surface area (TPSA) is 60.0 Å². The van der Waals surface area contributed by atoms with Crippen LogP contribution in [0.5, 0.6) is 5.75 Å². The van der Waals surface area contributed by atoms with Crippen molar-refractivity contribution >= 4 is 0 Å². The van der Waals surface area contributed by atoms with Crippen LogP contribution in [0, 0.1) is 6.92 Å². The summed E-state index contributed by atoms with van der Waals surface area (Å²) in [6, 6.07) is 1.41. The average molecular weight is 261 g/mol. The second-order valence-corrected chi connectivity index (χ2v) is 4.67. The highest BCUT2D eigenvalue weighted by Crippen LogP contribution is 2.11. The Hall–Kier alpha value is -2.04.